The van der Waals surface area contributed by atoms with Crippen LogP contribution in [0.15, 0.2) is 303 Å². The van der Waals surface area contributed by atoms with Gasteiger partial charge in [0.25, 0.3) is 0 Å². The summed E-state index contributed by atoms with van der Waals surface area (Å²) in [5, 5.41) is 30.1. The molecule has 480 valence electrons. The molecule has 103 heavy (non-hydrogen) atoms. The lowest BCUT2D eigenvalue weighted by Crippen LogP contribution is -2.03. The number of fused-ring (bicyclic) bond motifs is 32. The number of thiophene rings is 4. The highest BCUT2D eigenvalue weighted by molar-refractivity contribution is 7.28. The molecule has 0 bridgehead atoms. The molecule has 0 aliphatic rings. The van der Waals surface area contributed by atoms with Crippen molar-refractivity contribution in [2.45, 2.75) is 0 Å². The second-order valence-electron chi connectivity index (χ2n) is 26.3. The van der Waals surface area contributed by atoms with E-state index in [1.54, 1.807) is 22.7 Å². The highest BCUT2D eigenvalue weighted by Gasteiger charge is 2.27. The van der Waals surface area contributed by atoms with Crippen LogP contribution in [0.25, 0.3) is 218 Å². The van der Waals surface area contributed by atoms with Crippen molar-refractivity contribution in [3.63, 3.8) is 0 Å². The van der Waals surface area contributed by atoms with E-state index in [-0.39, 0.29) is 5.28 Å². The van der Waals surface area contributed by atoms with Crippen LogP contribution in [-0.4, -0.2) is 29.5 Å². The van der Waals surface area contributed by atoms with Crippen LogP contribution in [0, 0.1) is 0 Å². The molecule has 0 atom stereocenters. The molecule has 8 heterocycles. The lowest BCUT2D eigenvalue weighted by atomic mass is 9.94. The maximum atomic E-state index is 6.36. The van der Waals surface area contributed by atoms with E-state index >= 15 is 0 Å². The van der Waals surface area contributed by atoms with Crippen molar-refractivity contribution in [3.8, 4) is 28.5 Å². The largest absolute Gasteiger partial charge is 0.354 e. The van der Waals surface area contributed by atoms with Gasteiger partial charge in [-0.15, -0.1) is 45.3 Å². The molecule has 16 aromatic carbocycles. The summed E-state index contributed by atoms with van der Waals surface area (Å²) in [6, 6.07) is 109. The first-order chi connectivity index (χ1) is 51.0. The third kappa shape index (κ3) is 8.89. The molecule has 0 saturated heterocycles. The zero-order chi connectivity index (χ0) is 67.5. The van der Waals surface area contributed by atoms with Gasteiger partial charge in [-0.3, -0.25) is 4.57 Å². The molecular formula is C92H51ClN6S4. The summed E-state index contributed by atoms with van der Waals surface area (Å²) in [7, 11) is 0. The number of benzene rings is 16. The van der Waals surface area contributed by atoms with Crippen molar-refractivity contribution in [2.24, 2.45) is 0 Å². The van der Waals surface area contributed by atoms with E-state index in [0.29, 0.717) is 5.95 Å². The van der Waals surface area contributed by atoms with Gasteiger partial charge in [0.1, 0.15) is 9.66 Å². The number of nitrogens with one attached hydrogen (secondary N) is 1. The molecule has 1 N–H and O–H groups in total. The second kappa shape index (κ2) is 23.0. The van der Waals surface area contributed by atoms with Gasteiger partial charge in [-0.25, -0.2) is 19.9 Å². The van der Waals surface area contributed by atoms with Crippen LogP contribution in [0.4, 0.5) is 0 Å². The summed E-state index contributed by atoms with van der Waals surface area (Å²) in [6.07, 6.45) is 0. The minimum Gasteiger partial charge on any atom is -0.354 e. The molecule has 0 amide bonds. The fourth-order valence-corrected chi connectivity index (χ4v) is 21.4. The second-order valence-corrected chi connectivity index (χ2v) is 30.8. The predicted octanol–water partition coefficient (Wildman–Crippen LogP) is 27.7. The van der Waals surface area contributed by atoms with E-state index in [0.717, 1.165) is 54.0 Å². The summed E-state index contributed by atoms with van der Waals surface area (Å²) in [5.74, 6) is 0.691. The van der Waals surface area contributed by atoms with E-state index < -0.39 is 0 Å². The van der Waals surface area contributed by atoms with Gasteiger partial charge in [-0.2, -0.15) is 0 Å². The molecule has 24 aromatic rings. The van der Waals surface area contributed by atoms with Gasteiger partial charge in [0.05, 0.1) is 27.9 Å². The maximum Gasteiger partial charge on any atom is 0.236 e. The number of halogens is 1. The Morgan fingerprint density at radius 3 is 1.23 bits per heavy atom. The Kier molecular flexibility index (Phi) is 13.1. The number of aromatic nitrogens is 6. The maximum absolute atomic E-state index is 6.36. The summed E-state index contributed by atoms with van der Waals surface area (Å²) in [6.45, 7) is 0. The average Bonchev–Trinajstić information content (AvgIpc) is 1.55. The first-order valence-corrected chi connectivity index (χ1v) is 38.0. The van der Waals surface area contributed by atoms with Gasteiger partial charge >= 0.3 is 0 Å². The van der Waals surface area contributed by atoms with Gasteiger partial charge in [-0.1, -0.05) is 255 Å². The molecule has 0 radical (unpaired) electrons. The Bertz CT molecular complexity index is 7640. The minimum absolute atomic E-state index is 0.284. The fourth-order valence-electron chi connectivity index (χ4n) is 16.5. The molecule has 24 rings (SSSR count). The van der Waals surface area contributed by atoms with Crippen molar-refractivity contribution in [1.29, 1.82) is 0 Å². The number of hydrogen-bond donors (Lipinski definition) is 1. The van der Waals surface area contributed by atoms with E-state index in [2.05, 4.69) is 318 Å². The standard InChI is InChI=1S/C46H25N3S2.C24H13ClN2S.C22H13NS/c1-2-14-27-26(13-1)25-35(29-16-4-3-15-28(27)29)42-41-34-21-9-12-24-38(34)51-45(41)48-46(47-42)49-36-22-10-7-19-32(36)39-40-33-20-8-11-23-37(33)50-44(40)31-18-6-5-17-30(31)43(39)49;25-24-26-22(21-18-11-5-6-12-20(18)28-23(21)27-24)19-13-14-7-1-2-8-15(14)16-9-3-4-10-17(16)19;1-2-8-14-13(7-1)21-19(15-9-3-5-11-17(15)23-21)20-16-10-4-6-12-18(16)24-22(14)20/h1-25H;1-13H;1-12,23H. The molecular weight excluding hydrogens is 1350 g/mol. The SMILES string of the molecule is Clc1nc(-c2cc3ccccc3c3ccccc23)c2c(n1)sc1ccccc12.c1ccc2c(c1)[nH]c1c3ccccc3c3sc4ccccc4c3c21.c1ccc2c(c1)cc(-c1nc(-n3c4ccccc4c4c5c6ccccc6sc5c5ccccc5c43)nc3sc4ccccc4c13)c1ccccc12. The van der Waals surface area contributed by atoms with Crippen LogP contribution < -0.4 is 0 Å². The van der Waals surface area contributed by atoms with Gasteiger partial charge in [0.15, 0.2) is 0 Å². The van der Waals surface area contributed by atoms with Crippen LogP contribution in [-0.2, 0) is 0 Å². The number of H-pyrrole nitrogens is 1. The molecule has 6 nitrogen and oxygen atoms in total. The van der Waals surface area contributed by atoms with Gasteiger partial charge in [0.2, 0.25) is 11.2 Å². The lowest BCUT2D eigenvalue weighted by Gasteiger charge is -2.14. The molecule has 0 aliphatic heterocycles. The Labute approximate surface area is 607 Å². The number of nitrogens with zero attached hydrogens (tertiary/aromatic N) is 5. The zero-order valence-electron chi connectivity index (χ0n) is 54.6. The molecule has 11 heteroatoms. The third-order valence-electron chi connectivity index (χ3n) is 20.8. The lowest BCUT2D eigenvalue weighted by molar-refractivity contribution is 1.02. The molecule has 0 saturated carbocycles. The quantitative estimate of drug-likeness (QED) is 0.141. The normalized spacial score (nSPS) is 12.1. The number of aromatic amines is 1. The van der Waals surface area contributed by atoms with E-state index in [1.165, 1.54) is 158 Å². The monoisotopic (exact) mass is 1400 g/mol. The highest BCUT2D eigenvalue weighted by Crippen LogP contribution is 2.51. The molecule has 8 aromatic heterocycles. The summed E-state index contributed by atoms with van der Waals surface area (Å²) < 4.78 is 10.1. The van der Waals surface area contributed by atoms with Crippen LogP contribution in [0.5, 0.6) is 0 Å². The average molecular weight is 1400 g/mol. The Balaban J connectivity index is 0.000000108. The summed E-state index contributed by atoms with van der Waals surface area (Å²) >= 11 is 13.6. The molecule has 0 spiro atoms. The van der Waals surface area contributed by atoms with Crippen LogP contribution in [0.1, 0.15) is 0 Å². The van der Waals surface area contributed by atoms with E-state index in [1.807, 2.05) is 22.7 Å². The van der Waals surface area contributed by atoms with Crippen molar-refractivity contribution in [2.75, 3.05) is 0 Å². The van der Waals surface area contributed by atoms with Gasteiger partial charge < -0.3 is 4.98 Å². The Morgan fingerprint density at radius 2 is 0.670 bits per heavy atom. The van der Waals surface area contributed by atoms with Crippen molar-refractivity contribution in [1.82, 2.24) is 29.5 Å². The van der Waals surface area contributed by atoms with Crippen LogP contribution in [0.2, 0.25) is 5.28 Å². The minimum atomic E-state index is 0.284. The number of hydrogen-bond acceptors (Lipinski definition) is 8. The Hall–Kier alpha value is -12.0. The number of rotatable bonds is 3. The van der Waals surface area contributed by atoms with Gasteiger partial charge in [0, 0.05) is 131 Å². The topological polar surface area (TPSA) is 72.3 Å². The van der Waals surface area contributed by atoms with Crippen molar-refractivity contribution in [3.05, 3.63) is 309 Å². The molecule has 0 aliphatic carbocycles. The predicted molar refractivity (Wildman–Crippen MR) is 447 cm³/mol. The first-order valence-electron chi connectivity index (χ1n) is 34.4. The third-order valence-corrected chi connectivity index (χ3v) is 25.5. The van der Waals surface area contributed by atoms with Crippen molar-refractivity contribution >= 4 is 246 Å². The highest BCUT2D eigenvalue weighted by atomic mass is 35.5. The van der Waals surface area contributed by atoms with Crippen LogP contribution >= 0.6 is 56.9 Å². The number of para-hydroxylation sites is 2. The van der Waals surface area contributed by atoms with Crippen molar-refractivity contribution < 1.29 is 0 Å². The molecule has 0 unspecified atom stereocenters. The van der Waals surface area contributed by atoms with E-state index in [9.17, 15) is 0 Å². The smallest absolute Gasteiger partial charge is 0.236 e. The summed E-state index contributed by atoms with van der Waals surface area (Å²) in [4.78, 5) is 26.0. The zero-order valence-corrected chi connectivity index (χ0v) is 58.6. The first kappa shape index (κ1) is 58.8. The van der Waals surface area contributed by atoms with Crippen LogP contribution in [0.3, 0.4) is 0 Å². The molecule has 0 fully saturated rings. The fraction of sp³-hybridized carbons (Fsp3) is 0. The van der Waals surface area contributed by atoms with Gasteiger partial charge in [-0.05, 0) is 103 Å². The summed E-state index contributed by atoms with van der Waals surface area (Å²) in [5.41, 5.74) is 8.79. The Morgan fingerprint density at radius 1 is 0.282 bits per heavy atom. The van der Waals surface area contributed by atoms with E-state index in [4.69, 9.17) is 26.6 Å².